The lowest BCUT2D eigenvalue weighted by atomic mass is 9.97. The van der Waals surface area contributed by atoms with Crippen LogP contribution in [0.5, 0.6) is 0 Å². The normalized spacial score (nSPS) is 11.6. The number of hydrogen-bond acceptors (Lipinski definition) is 3. The number of benzene rings is 3. The van der Waals surface area contributed by atoms with Crippen molar-refractivity contribution in [3.05, 3.63) is 129 Å². The molecule has 1 N–H and O–H groups in total. The fourth-order valence-electron chi connectivity index (χ4n) is 4.00. The highest BCUT2D eigenvalue weighted by atomic mass is 32.1. The maximum Gasteiger partial charge on any atom is 0.247 e. The van der Waals surface area contributed by atoms with Crippen LogP contribution in [0.25, 0.3) is 0 Å². The second kappa shape index (κ2) is 11.6. The van der Waals surface area contributed by atoms with Crippen molar-refractivity contribution in [2.75, 3.05) is 0 Å². The number of nitrogens with one attached hydrogen (secondary N) is 1. The Hall–Kier alpha value is -3.77. The highest BCUT2D eigenvalue weighted by Gasteiger charge is 2.32. The number of thiophene rings is 1. The van der Waals surface area contributed by atoms with Crippen molar-refractivity contribution in [1.29, 1.82) is 0 Å². The Morgan fingerprint density at radius 2 is 1.60 bits per heavy atom. The van der Waals surface area contributed by atoms with Crippen molar-refractivity contribution >= 4 is 23.2 Å². The lowest BCUT2D eigenvalue weighted by Gasteiger charge is -2.32. The van der Waals surface area contributed by atoms with Gasteiger partial charge >= 0.3 is 0 Å². The van der Waals surface area contributed by atoms with E-state index in [0.717, 1.165) is 27.1 Å². The number of amides is 2. The second-order valence-electron chi connectivity index (χ2n) is 8.37. The van der Waals surface area contributed by atoms with Gasteiger partial charge in [0.25, 0.3) is 0 Å². The molecule has 0 spiro atoms. The zero-order valence-corrected chi connectivity index (χ0v) is 20.3. The quantitative estimate of drug-likeness (QED) is 0.324. The molecule has 4 rings (SSSR count). The van der Waals surface area contributed by atoms with E-state index >= 15 is 0 Å². The number of rotatable bonds is 9. The van der Waals surface area contributed by atoms with Gasteiger partial charge in [-0.3, -0.25) is 9.59 Å². The van der Waals surface area contributed by atoms with Gasteiger partial charge in [-0.05, 0) is 52.8 Å². The summed E-state index contributed by atoms with van der Waals surface area (Å²) in [5, 5.41) is 4.95. The van der Waals surface area contributed by atoms with Gasteiger partial charge in [-0.15, -0.1) is 11.3 Å². The van der Waals surface area contributed by atoms with Crippen molar-refractivity contribution in [3.63, 3.8) is 0 Å². The van der Waals surface area contributed by atoms with E-state index in [9.17, 15) is 14.0 Å². The summed E-state index contributed by atoms with van der Waals surface area (Å²) in [4.78, 5) is 29.9. The van der Waals surface area contributed by atoms with E-state index in [4.69, 9.17) is 0 Å². The van der Waals surface area contributed by atoms with Crippen molar-refractivity contribution in [3.8, 4) is 0 Å². The Morgan fingerprint density at radius 1 is 0.886 bits per heavy atom. The summed E-state index contributed by atoms with van der Waals surface area (Å²) in [6, 6.07) is 26.3. The van der Waals surface area contributed by atoms with Crippen LogP contribution in [-0.2, 0) is 29.1 Å². The molecule has 4 aromatic rings. The summed E-state index contributed by atoms with van der Waals surface area (Å²) in [5.41, 5.74) is 3.40. The van der Waals surface area contributed by atoms with Crippen molar-refractivity contribution in [2.24, 2.45) is 0 Å². The van der Waals surface area contributed by atoms with Crippen molar-refractivity contribution < 1.29 is 14.0 Å². The monoisotopic (exact) mass is 486 g/mol. The molecule has 0 radical (unpaired) electrons. The highest BCUT2D eigenvalue weighted by Crippen LogP contribution is 2.28. The van der Waals surface area contributed by atoms with Crippen LogP contribution < -0.4 is 5.32 Å². The molecule has 4 nitrogen and oxygen atoms in total. The number of carbonyl (C=O) groups excluding carboxylic acids is 2. The van der Waals surface area contributed by atoms with Crippen LogP contribution in [-0.4, -0.2) is 16.7 Å². The van der Waals surface area contributed by atoms with Crippen LogP contribution >= 0.6 is 11.3 Å². The van der Waals surface area contributed by atoms with Gasteiger partial charge in [0.1, 0.15) is 11.9 Å². The number of halogens is 1. The molecule has 0 unspecified atom stereocenters. The first-order valence-corrected chi connectivity index (χ1v) is 12.3. The minimum Gasteiger partial charge on any atom is -0.350 e. The molecule has 1 aromatic heterocycles. The third-order valence-corrected chi connectivity index (χ3v) is 6.72. The zero-order chi connectivity index (χ0) is 24.6. The Balaban J connectivity index is 1.70. The van der Waals surface area contributed by atoms with E-state index in [0.29, 0.717) is 6.54 Å². The van der Waals surface area contributed by atoms with Crippen LogP contribution in [0.15, 0.2) is 96.4 Å². The summed E-state index contributed by atoms with van der Waals surface area (Å²) in [6.45, 7) is 2.47. The van der Waals surface area contributed by atoms with E-state index in [2.05, 4.69) is 5.32 Å². The fourth-order valence-corrected chi connectivity index (χ4v) is 4.70. The summed E-state index contributed by atoms with van der Waals surface area (Å²) in [6.07, 6.45) is 0.188. The lowest BCUT2D eigenvalue weighted by Crippen LogP contribution is -2.44. The van der Waals surface area contributed by atoms with Gasteiger partial charge in [-0.25, -0.2) is 4.39 Å². The highest BCUT2D eigenvalue weighted by molar-refractivity contribution is 7.10. The Morgan fingerprint density at radius 3 is 2.29 bits per heavy atom. The molecule has 178 valence electrons. The molecule has 0 aliphatic carbocycles. The van der Waals surface area contributed by atoms with Gasteiger partial charge in [-0.1, -0.05) is 72.8 Å². The van der Waals surface area contributed by atoms with Gasteiger partial charge in [0.2, 0.25) is 11.8 Å². The predicted octanol–water partition coefficient (Wildman–Crippen LogP) is 5.82. The fraction of sp³-hybridized carbons (Fsp3) is 0.172. The average Bonchev–Trinajstić information content (AvgIpc) is 3.38. The molecule has 0 saturated carbocycles. The molecule has 0 bridgehead atoms. The largest absolute Gasteiger partial charge is 0.350 e. The van der Waals surface area contributed by atoms with Crippen molar-refractivity contribution in [2.45, 2.75) is 32.5 Å². The molecule has 0 saturated heterocycles. The summed E-state index contributed by atoms with van der Waals surface area (Å²) in [5.74, 6) is -0.772. The van der Waals surface area contributed by atoms with E-state index in [-0.39, 0.29) is 30.6 Å². The third-order valence-electron chi connectivity index (χ3n) is 5.84. The predicted molar refractivity (Wildman–Crippen MR) is 137 cm³/mol. The molecule has 2 amide bonds. The smallest absolute Gasteiger partial charge is 0.247 e. The van der Waals surface area contributed by atoms with Gasteiger partial charge in [0, 0.05) is 18.0 Å². The molecular weight excluding hydrogens is 459 g/mol. The van der Waals surface area contributed by atoms with Gasteiger partial charge in [0.05, 0.1) is 6.42 Å². The summed E-state index contributed by atoms with van der Waals surface area (Å²) in [7, 11) is 0. The molecule has 6 heteroatoms. The van der Waals surface area contributed by atoms with Crippen LogP contribution in [0, 0.1) is 12.7 Å². The summed E-state index contributed by atoms with van der Waals surface area (Å²) < 4.78 is 13.6. The van der Waals surface area contributed by atoms with Gasteiger partial charge in [0.15, 0.2) is 0 Å². The van der Waals surface area contributed by atoms with Gasteiger partial charge in [-0.2, -0.15) is 0 Å². The van der Waals surface area contributed by atoms with Gasteiger partial charge < -0.3 is 10.2 Å². The minimum atomic E-state index is -0.836. The minimum absolute atomic E-state index is 0.167. The maximum atomic E-state index is 13.7. The summed E-state index contributed by atoms with van der Waals surface area (Å²) >= 11 is 1.51. The third kappa shape index (κ3) is 6.43. The van der Waals surface area contributed by atoms with Crippen LogP contribution in [0.2, 0.25) is 0 Å². The Bertz CT molecular complexity index is 1260. The topological polar surface area (TPSA) is 49.4 Å². The second-order valence-corrected chi connectivity index (χ2v) is 9.40. The molecule has 1 atom stereocenters. The lowest BCUT2D eigenvalue weighted by molar-refractivity contribution is -0.141. The van der Waals surface area contributed by atoms with E-state index in [1.165, 1.54) is 23.5 Å². The average molecular weight is 487 g/mol. The number of nitrogens with zero attached hydrogens (tertiary/aromatic N) is 1. The first kappa shape index (κ1) is 24.4. The number of hydrogen-bond donors (Lipinski definition) is 1. The van der Waals surface area contributed by atoms with Crippen LogP contribution in [0.4, 0.5) is 4.39 Å². The number of aryl methyl sites for hydroxylation is 1. The van der Waals surface area contributed by atoms with Crippen molar-refractivity contribution in [1.82, 2.24) is 10.2 Å². The van der Waals surface area contributed by atoms with Crippen LogP contribution in [0.1, 0.15) is 33.2 Å². The standard InChI is InChI=1S/C29H27FN2O2S/c1-21-8-5-6-12-26(21)28(29(34)31-19-22-9-3-2-4-10-22)32(20-23-13-15-24(30)16-14-23)27(33)18-25-11-7-17-35-25/h2-17,28H,18-20H2,1H3,(H,31,34)/t28-/m1/s1. The van der Waals surface area contributed by atoms with E-state index < -0.39 is 6.04 Å². The molecule has 3 aromatic carbocycles. The van der Waals surface area contributed by atoms with E-state index in [1.807, 2.05) is 79.0 Å². The molecule has 0 aliphatic heterocycles. The molecule has 0 fully saturated rings. The number of carbonyl (C=O) groups is 2. The first-order chi connectivity index (χ1) is 17.0. The Kier molecular flexibility index (Phi) is 8.06. The first-order valence-electron chi connectivity index (χ1n) is 11.4. The molecule has 0 aliphatic rings. The van der Waals surface area contributed by atoms with Crippen LogP contribution in [0.3, 0.4) is 0 Å². The Labute approximate surface area is 209 Å². The molecular formula is C29H27FN2O2S. The molecule has 35 heavy (non-hydrogen) atoms. The van der Waals surface area contributed by atoms with E-state index in [1.54, 1.807) is 17.0 Å². The maximum absolute atomic E-state index is 13.7. The zero-order valence-electron chi connectivity index (χ0n) is 19.5. The SMILES string of the molecule is Cc1ccccc1[C@H](C(=O)NCc1ccccc1)N(Cc1ccc(F)cc1)C(=O)Cc1cccs1. The molecule has 1 heterocycles.